The molecule has 0 unspecified atom stereocenters. The van der Waals surface area contributed by atoms with Gasteiger partial charge in [-0.2, -0.15) is 0 Å². The van der Waals surface area contributed by atoms with Gasteiger partial charge < -0.3 is 5.32 Å². The third kappa shape index (κ3) is 3.82. The minimum atomic E-state index is 0.00989. The van der Waals surface area contributed by atoms with Crippen molar-refractivity contribution in [3.63, 3.8) is 0 Å². The lowest BCUT2D eigenvalue weighted by Crippen LogP contribution is -2.29. The monoisotopic (exact) mass is 309 g/mol. The molecule has 0 aromatic heterocycles. The van der Waals surface area contributed by atoms with Crippen molar-refractivity contribution >= 4 is 5.91 Å². The maximum atomic E-state index is 12.7. The van der Waals surface area contributed by atoms with E-state index in [9.17, 15) is 4.79 Å². The van der Waals surface area contributed by atoms with Crippen molar-refractivity contribution in [3.8, 4) is 0 Å². The van der Waals surface area contributed by atoms with E-state index in [1.807, 2.05) is 19.9 Å². The minimum Gasteiger partial charge on any atom is -0.345 e. The molecule has 0 radical (unpaired) electrons. The van der Waals surface area contributed by atoms with Crippen LogP contribution in [0.4, 0.5) is 0 Å². The number of rotatable bonds is 4. The number of nitrogens with one attached hydrogen (secondary N) is 1. The van der Waals surface area contributed by atoms with Gasteiger partial charge in [0, 0.05) is 5.56 Å². The van der Waals surface area contributed by atoms with Crippen molar-refractivity contribution < 1.29 is 4.79 Å². The van der Waals surface area contributed by atoms with Crippen molar-refractivity contribution in [1.29, 1.82) is 0 Å². The lowest BCUT2D eigenvalue weighted by molar-refractivity contribution is 0.0935. The molecule has 2 rings (SSSR count). The molecule has 2 aromatic carbocycles. The van der Waals surface area contributed by atoms with Crippen LogP contribution in [-0.4, -0.2) is 5.91 Å². The van der Waals surface area contributed by atoms with Crippen LogP contribution in [0.1, 0.15) is 63.1 Å². The van der Waals surface area contributed by atoms with Crippen molar-refractivity contribution in [2.24, 2.45) is 0 Å². The summed E-state index contributed by atoms with van der Waals surface area (Å²) >= 11 is 0. The Morgan fingerprint density at radius 1 is 0.870 bits per heavy atom. The van der Waals surface area contributed by atoms with E-state index in [-0.39, 0.29) is 11.9 Å². The summed E-state index contributed by atoms with van der Waals surface area (Å²) in [6.07, 6.45) is 0.873. The van der Waals surface area contributed by atoms with Crippen LogP contribution < -0.4 is 5.32 Å². The van der Waals surface area contributed by atoms with Crippen molar-refractivity contribution in [3.05, 3.63) is 69.3 Å². The van der Waals surface area contributed by atoms with E-state index in [1.54, 1.807) is 0 Å². The Morgan fingerprint density at radius 3 is 2.09 bits per heavy atom. The first kappa shape index (κ1) is 17.3. The Bertz CT molecular complexity index is 731. The topological polar surface area (TPSA) is 29.1 Å². The number of carbonyl (C=O) groups excluding carboxylic acids is 1. The summed E-state index contributed by atoms with van der Waals surface area (Å²) in [6, 6.07) is 10.5. The maximum absolute atomic E-state index is 12.7. The van der Waals surface area contributed by atoms with Crippen LogP contribution in [0.5, 0.6) is 0 Å². The predicted octanol–water partition coefficient (Wildman–Crippen LogP) is 5.11. The van der Waals surface area contributed by atoms with E-state index in [0.717, 1.165) is 23.1 Å². The van der Waals surface area contributed by atoms with Gasteiger partial charge in [-0.25, -0.2) is 0 Å². The quantitative estimate of drug-likeness (QED) is 0.835. The van der Waals surface area contributed by atoms with Gasteiger partial charge in [0.25, 0.3) is 5.91 Å². The standard InChI is InChI=1S/C21H27NO/c1-7-20(18-9-8-13(2)15(4)11-18)22-21(23)19-12-16(5)14(3)10-17(19)6/h8-12,20H,7H2,1-6H3,(H,22,23)/t20-/m0/s1. The molecule has 2 nitrogen and oxygen atoms in total. The summed E-state index contributed by atoms with van der Waals surface area (Å²) in [5.41, 5.74) is 7.89. The van der Waals surface area contributed by atoms with Gasteiger partial charge in [0.1, 0.15) is 0 Å². The highest BCUT2D eigenvalue weighted by Crippen LogP contribution is 2.22. The summed E-state index contributed by atoms with van der Waals surface area (Å²) in [6.45, 7) is 12.4. The Morgan fingerprint density at radius 2 is 1.48 bits per heavy atom. The molecule has 1 N–H and O–H groups in total. The maximum Gasteiger partial charge on any atom is 0.252 e. The molecule has 0 aliphatic rings. The van der Waals surface area contributed by atoms with E-state index in [0.29, 0.717) is 0 Å². The molecule has 23 heavy (non-hydrogen) atoms. The Hall–Kier alpha value is -2.09. The lowest BCUT2D eigenvalue weighted by atomic mass is 9.97. The molecule has 2 heteroatoms. The van der Waals surface area contributed by atoms with Crippen LogP contribution in [-0.2, 0) is 0 Å². The lowest BCUT2D eigenvalue weighted by Gasteiger charge is -2.20. The number of carbonyl (C=O) groups is 1. The summed E-state index contributed by atoms with van der Waals surface area (Å²) in [5, 5.41) is 3.19. The van der Waals surface area contributed by atoms with Crippen LogP contribution in [0.3, 0.4) is 0 Å². The first-order chi connectivity index (χ1) is 10.8. The van der Waals surface area contributed by atoms with Gasteiger partial charge >= 0.3 is 0 Å². The molecule has 122 valence electrons. The molecule has 1 amide bonds. The van der Waals surface area contributed by atoms with Gasteiger partial charge in [-0.1, -0.05) is 31.2 Å². The van der Waals surface area contributed by atoms with Gasteiger partial charge in [-0.15, -0.1) is 0 Å². The average molecular weight is 309 g/mol. The third-order valence-electron chi connectivity index (χ3n) is 4.73. The van der Waals surface area contributed by atoms with Crippen molar-refractivity contribution in [2.75, 3.05) is 0 Å². The van der Waals surface area contributed by atoms with Crippen LogP contribution in [0.25, 0.3) is 0 Å². The SMILES string of the molecule is CC[C@H](NC(=O)c1cc(C)c(C)cc1C)c1ccc(C)c(C)c1. The molecule has 0 saturated heterocycles. The first-order valence-electron chi connectivity index (χ1n) is 8.29. The summed E-state index contributed by atoms with van der Waals surface area (Å²) in [4.78, 5) is 12.7. The fourth-order valence-electron chi connectivity index (χ4n) is 2.84. The fourth-order valence-corrected chi connectivity index (χ4v) is 2.84. The minimum absolute atomic E-state index is 0.00989. The smallest absolute Gasteiger partial charge is 0.252 e. The zero-order chi connectivity index (χ0) is 17.1. The molecule has 0 aliphatic heterocycles. The second-order valence-corrected chi connectivity index (χ2v) is 6.53. The largest absolute Gasteiger partial charge is 0.345 e. The van der Waals surface area contributed by atoms with Crippen molar-refractivity contribution in [2.45, 2.75) is 54.0 Å². The summed E-state index contributed by atoms with van der Waals surface area (Å²) in [7, 11) is 0. The molecular formula is C21H27NO. The molecule has 2 aromatic rings. The van der Waals surface area contributed by atoms with Crippen LogP contribution in [0.15, 0.2) is 30.3 Å². The molecule has 0 aliphatic carbocycles. The van der Waals surface area contributed by atoms with Crippen LogP contribution in [0.2, 0.25) is 0 Å². The molecule has 0 spiro atoms. The van der Waals surface area contributed by atoms with Gasteiger partial charge in [0.2, 0.25) is 0 Å². The third-order valence-corrected chi connectivity index (χ3v) is 4.73. The molecule has 0 saturated carbocycles. The van der Waals surface area contributed by atoms with E-state index >= 15 is 0 Å². The van der Waals surface area contributed by atoms with E-state index in [4.69, 9.17) is 0 Å². The fraction of sp³-hybridized carbons (Fsp3) is 0.381. The zero-order valence-electron chi connectivity index (χ0n) is 15.1. The highest BCUT2D eigenvalue weighted by molar-refractivity contribution is 5.96. The van der Waals surface area contributed by atoms with E-state index in [1.165, 1.54) is 22.3 Å². The van der Waals surface area contributed by atoms with Gasteiger partial charge in [-0.3, -0.25) is 4.79 Å². The summed E-state index contributed by atoms with van der Waals surface area (Å²) < 4.78 is 0. The molecular weight excluding hydrogens is 282 g/mol. The number of aryl methyl sites for hydroxylation is 5. The van der Waals surface area contributed by atoms with Crippen LogP contribution >= 0.6 is 0 Å². The first-order valence-corrected chi connectivity index (χ1v) is 8.29. The predicted molar refractivity (Wildman–Crippen MR) is 97.1 cm³/mol. The molecule has 0 heterocycles. The van der Waals surface area contributed by atoms with Gasteiger partial charge in [0.05, 0.1) is 6.04 Å². The van der Waals surface area contributed by atoms with E-state index in [2.05, 4.69) is 57.3 Å². The van der Waals surface area contributed by atoms with Crippen LogP contribution in [0, 0.1) is 34.6 Å². The average Bonchev–Trinajstić information content (AvgIpc) is 2.51. The number of amides is 1. The van der Waals surface area contributed by atoms with Crippen molar-refractivity contribution in [1.82, 2.24) is 5.32 Å². The zero-order valence-corrected chi connectivity index (χ0v) is 15.1. The molecule has 1 atom stereocenters. The highest BCUT2D eigenvalue weighted by atomic mass is 16.1. The Labute approximate surface area is 139 Å². The second kappa shape index (κ2) is 6.99. The number of benzene rings is 2. The van der Waals surface area contributed by atoms with Gasteiger partial charge in [0.15, 0.2) is 0 Å². The highest BCUT2D eigenvalue weighted by Gasteiger charge is 2.16. The molecule has 0 fully saturated rings. The number of hydrogen-bond donors (Lipinski definition) is 1. The van der Waals surface area contributed by atoms with Gasteiger partial charge in [-0.05, 0) is 80.5 Å². The Balaban J connectivity index is 2.26. The number of hydrogen-bond acceptors (Lipinski definition) is 1. The normalized spacial score (nSPS) is 12.1. The Kier molecular flexibility index (Phi) is 5.25. The van der Waals surface area contributed by atoms with E-state index < -0.39 is 0 Å². The molecule has 0 bridgehead atoms. The summed E-state index contributed by atoms with van der Waals surface area (Å²) in [5.74, 6) is 0.00989. The second-order valence-electron chi connectivity index (χ2n) is 6.53.